The molecule has 1 radical (unpaired) electrons. The van der Waals surface area contributed by atoms with Crippen LogP contribution in [0.4, 0.5) is 17.6 Å². The zero-order valence-corrected chi connectivity index (χ0v) is 7.13. The molecule has 1 aromatic rings. The summed E-state index contributed by atoms with van der Waals surface area (Å²) in [6.07, 6.45) is -4.52. The summed E-state index contributed by atoms with van der Waals surface area (Å²) in [6.45, 7) is 0. The highest BCUT2D eigenvalue weighted by Crippen LogP contribution is 2.30. The average molecular weight is 242 g/mol. The van der Waals surface area contributed by atoms with Crippen molar-refractivity contribution in [3.05, 3.63) is 34.1 Å². The molecule has 0 unspecified atom stereocenters. The summed E-state index contributed by atoms with van der Waals surface area (Å²) in [5, 5.41) is 0. The van der Waals surface area contributed by atoms with Gasteiger partial charge in [-0.05, 0) is 28.1 Å². The van der Waals surface area contributed by atoms with Crippen molar-refractivity contribution in [2.75, 3.05) is 0 Å². The summed E-state index contributed by atoms with van der Waals surface area (Å²) in [4.78, 5) is 0. The van der Waals surface area contributed by atoms with Gasteiger partial charge in [-0.2, -0.15) is 13.2 Å². The molecule has 0 spiro atoms. The van der Waals surface area contributed by atoms with Crippen LogP contribution in [0.15, 0.2) is 16.6 Å². The summed E-state index contributed by atoms with van der Waals surface area (Å²) >= 11 is 2.70. The van der Waals surface area contributed by atoms with Crippen LogP contribution in [-0.2, 0) is 6.18 Å². The van der Waals surface area contributed by atoms with Gasteiger partial charge in [0.1, 0.15) is 5.82 Å². The number of hydrogen-bond donors (Lipinski definition) is 0. The summed E-state index contributed by atoms with van der Waals surface area (Å²) in [5.74, 6) is -0.968. The lowest BCUT2D eigenvalue weighted by molar-refractivity contribution is -0.137. The van der Waals surface area contributed by atoms with Crippen molar-refractivity contribution in [3.8, 4) is 0 Å². The quantitative estimate of drug-likeness (QED) is 0.611. The van der Waals surface area contributed by atoms with Gasteiger partial charge in [0.05, 0.1) is 10.0 Å². The van der Waals surface area contributed by atoms with E-state index < -0.39 is 17.6 Å². The highest BCUT2D eigenvalue weighted by molar-refractivity contribution is 9.10. The molecule has 1 rings (SSSR count). The molecule has 0 saturated carbocycles. The second kappa shape index (κ2) is 3.05. The Bertz CT molecular complexity index is 292. The Balaban J connectivity index is 3.14. The first-order chi connectivity index (χ1) is 5.41. The second-order valence-electron chi connectivity index (χ2n) is 2.05. The summed E-state index contributed by atoms with van der Waals surface area (Å²) in [7, 11) is 0. The molecule has 0 nitrogen and oxygen atoms in total. The van der Waals surface area contributed by atoms with Gasteiger partial charge in [0.25, 0.3) is 0 Å². The van der Waals surface area contributed by atoms with Gasteiger partial charge in [-0.25, -0.2) is 4.39 Å². The van der Waals surface area contributed by atoms with Crippen molar-refractivity contribution < 1.29 is 17.6 Å². The van der Waals surface area contributed by atoms with E-state index in [0.717, 1.165) is 0 Å². The molecule has 0 N–H and O–H groups in total. The molecule has 0 atom stereocenters. The van der Waals surface area contributed by atoms with Gasteiger partial charge in [0.2, 0.25) is 0 Å². The minimum Gasteiger partial charge on any atom is -0.206 e. The van der Waals surface area contributed by atoms with E-state index in [1.165, 1.54) is 0 Å². The number of hydrogen-bond acceptors (Lipinski definition) is 0. The first kappa shape index (κ1) is 9.51. The van der Waals surface area contributed by atoms with Crippen molar-refractivity contribution in [2.45, 2.75) is 6.18 Å². The number of alkyl halides is 3. The highest BCUT2D eigenvalue weighted by atomic mass is 79.9. The number of halogens is 5. The van der Waals surface area contributed by atoms with Crippen LogP contribution in [0.3, 0.4) is 0 Å². The third-order valence-corrected chi connectivity index (χ3v) is 1.78. The fourth-order valence-corrected chi connectivity index (χ4v) is 0.844. The third-order valence-electron chi connectivity index (χ3n) is 1.17. The van der Waals surface area contributed by atoms with Crippen LogP contribution in [0.1, 0.15) is 5.56 Å². The predicted octanol–water partition coefficient (Wildman–Crippen LogP) is 3.41. The standard InChI is InChI=1S/C7H2BrF4/c8-5-2-1-4(3-6(5)9)7(10,11)12/h1,3H. The highest BCUT2D eigenvalue weighted by Gasteiger charge is 2.30. The lowest BCUT2D eigenvalue weighted by Crippen LogP contribution is -2.05. The fourth-order valence-electron chi connectivity index (χ4n) is 0.615. The SMILES string of the molecule is Fc1cc(C(F)(F)F)c[c]c1Br. The Kier molecular flexibility index (Phi) is 2.41. The maximum atomic E-state index is 12.5. The molecule has 12 heavy (non-hydrogen) atoms. The van der Waals surface area contributed by atoms with Gasteiger partial charge >= 0.3 is 6.18 Å². The molecule has 0 aliphatic heterocycles. The summed E-state index contributed by atoms with van der Waals surface area (Å²) < 4.78 is 48.1. The molecular weight excluding hydrogens is 240 g/mol. The van der Waals surface area contributed by atoms with Crippen molar-refractivity contribution in [1.29, 1.82) is 0 Å². The summed E-state index contributed by atoms with van der Waals surface area (Å²) in [5.41, 5.74) is -1.04. The minimum atomic E-state index is -4.52. The van der Waals surface area contributed by atoms with E-state index in [4.69, 9.17) is 0 Å². The Labute approximate surface area is 74.3 Å². The Morgan fingerprint density at radius 3 is 2.33 bits per heavy atom. The average Bonchev–Trinajstić information content (AvgIpc) is 1.92. The normalized spacial score (nSPS) is 11.8. The lowest BCUT2D eigenvalue weighted by Gasteiger charge is -2.05. The Morgan fingerprint density at radius 1 is 1.33 bits per heavy atom. The second-order valence-corrected chi connectivity index (χ2v) is 2.84. The van der Waals surface area contributed by atoms with Crippen molar-refractivity contribution in [1.82, 2.24) is 0 Å². The van der Waals surface area contributed by atoms with Crippen LogP contribution in [0.25, 0.3) is 0 Å². The van der Waals surface area contributed by atoms with Crippen molar-refractivity contribution >= 4 is 15.9 Å². The van der Waals surface area contributed by atoms with Crippen molar-refractivity contribution in [3.63, 3.8) is 0 Å². The zero-order valence-electron chi connectivity index (χ0n) is 5.54. The number of rotatable bonds is 0. The van der Waals surface area contributed by atoms with Gasteiger partial charge in [-0.3, -0.25) is 0 Å². The first-order valence-electron chi connectivity index (χ1n) is 2.85. The van der Waals surface area contributed by atoms with Gasteiger partial charge in [-0.15, -0.1) is 0 Å². The third kappa shape index (κ3) is 1.97. The Morgan fingerprint density at radius 2 is 1.92 bits per heavy atom. The molecular formula is C7H2BrF4. The minimum absolute atomic E-state index is 0.101. The molecule has 1 aromatic carbocycles. The first-order valence-corrected chi connectivity index (χ1v) is 3.64. The molecule has 0 heterocycles. The molecule has 0 aromatic heterocycles. The number of benzene rings is 1. The van der Waals surface area contributed by atoms with Crippen LogP contribution in [0.2, 0.25) is 0 Å². The Hall–Kier alpha value is -0.580. The zero-order chi connectivity index (χ0) is 9.35. The van der Waals surface area contributed by atoms with E-state index in [0.29, 0.717) is 12.1 Å². The maximum Gasteiger partial charge on any atom is 0.416 e. The predicted molar refractivity (Wildman–Crippen MR) is 37.9 cm³/mol. The van der Waals surface area contributed by atoms with Crippen LogP contribution in [0.5, 0.6) is 0 Å². The molecule has 0 aliphatic rings. The van der Waals surface area contributed by atoms with Gasteiger partial charge in [0.15, 0.2) is 0 Å². The van der Waals surface area contributed by atoms with E-state index in [2.05, 4.69) is 22.0 Å². The largest absolute Gasteiger partial charge is 0.416 e. The molecule has 0 fully saturated rings. The smallest absolute Gasteiger partial charge is 0.206 e. The van der Waals surface area contributed by atoms with Crippen LogP contribution < -0.4 is 0 Å². The van der Waals surface area contributed by atoms with Crippen LogP contribution in [-0.4, -0.2) is 0 Å². The fraction of sp³-hybridized carbons (Fsp3) is 0.143. The van der Waals surface area contributed by atoms with Gasteiger partial charge in [-0.1, -0.05) is 0 Å². The lowest BCUT2D eigenvalue weighted by atomic mass is 10.2. The van der Waals surface area contributed by atoms with E-state index in [1.54, 1.807) is 0 Å². The molecule has 5 heteroatoms. The van der Waals surface area contributed by atoms with Crippen LogP contribution in [0, 0.1) is 11.9 Å². The van der Waals surface area contributed by atoms with E-state index in [-0.39, 0.29) is 4.47 Å². The van der Waals surface area contributed by atoms with Gasteiger partial charge in [0, 0.05) is 6.07 Å². The van der Waals surface area contributed by atoms with Crippen LogP contribution >= 0.6 is 15.9 Å². The monoisotopic (exact) mass is 241 g/mol. The van der Waals surface area contributed by atoms with E-state index in [1.807, 2.05) is 0 Å². The molecule has 0 saturated heterocycles. The molecule has 0 aliphatic carbocycles. The summed E-state index contributed by atoms with van der Waals surface area (Å²) in [6, 6.07) is 3.20. The van der Waals surface area contributed by atoms with Crippen molar-refractivity contribution in [2.24, 2.45) is 0 Å². The molecule has 0 amide bonds. The topological polar surface area (TPSA) is 0 Å². The van der Waals surface area contributed by atoms with E-state index in [9.17, 15) is 17.6 Å². The molecule has 65 valence electrons. The molecule has 0 bridgehead atoms. The van der Waals surface area contributed by atoms with Gasteiger partial charge < -0.3 is 0 Å². The maximum absolute atomic E-state index is 12.5. The van der Waals surface area contributed by atoms with E-state index >= 15 is 0 Å².